The molecule has 0 saturated carbocycles. The molecule has 1 amide bonds. The lowest BCUT2D eigenvalue weighted by molar-refractivity contribution is -0.113. The van der Waals surface area contributed by atoms with Crippen LogP contribution in [0.15, 0.2) is 77.4 Å². The third-order valence-electron chi connectivity index (χ3n) is 5.18. The van der Waals surface area contributed by atoms with Gasteiger partial charge in [-0.25, -0.2) is 0 Å². The van der Waals surface area contributed by atoms with Crippen LogP contribution in [-0.2, 0) is 4.79 Å². The van der Waals surface area contributed by atoms with E-state index < -0.39 is 11.8 Å². The minimum atomic E-state index is -0.601. The number of nitrogens with zero attached hydrogens (tertiary/aromatic N) is 2. The number of nitriles is 1. The number of benzene rings is 2. The zero-order chi connectivity index (χ0) is 22.4. The average Bonchev–Trinajstić information content (AvgIpc) is 2.77. The van der Waals surface area contributed by atoms with E-state index in [1.54, 1.807) is 32.2 Å². The van der Waals surface area contributed by atoms with Crippen molar-refractivity contribution in [1.29, 1.82) is 5.26 Å². The van der Waals surface area contributed by atoms with Crippen molar-refractivity contribution in [3.05, 3.63) is 78.0 Å². The normalized spacial score (nSPS) is 17.9. The first-order valence-electron chi connectivity index (χ1n) is 9.94. The predicted octanol–water partition coefficient (Wildman–Crippen LogP) is 4.87. The molecule has 1 heterocycles. The van der Waals surface area contributed by atoms with E-state index in [0.717, 1.165) is 5.56 Å². The Hall–Kier alpha value is -3.85. The zero-order valence-electron chi connectivity index (χ0n) is 17.9. The van der Waals surface area contributed by atoms with Crippen molar-refractivity contribution in [2.75, 3.05) is 19.0 Å². The van der Waals surface area contributed by atoms with E-state index in [0.29, 0.717) is 40.8 Å². The molecule has 6 heteroatoms. The number of aliphatic imine (C=N–C) groups is 1. The summed E-state index contributed by atoms with van der Waals surface area (Å²) in [6, 6.07) is 17.0. The van der Waals surface area contributed by atoms with E-state index in [1.165, 1.54) is 0 Å². The number of para-hydroxylation sites is 3. The lowest BCUT2D eigenvalue weighted by Crippen LogP contribution is -2.31. The summed E-state index contributed by atoms with van der Waals surface area (Å²) in [5.41, 5.74) is 2.97. The van der Waals surface area contributed by atoms with Gasteiger partial charge in [0.1, 0.15) is 18.1 Å². The fourth-order valence-electron chi connectivity index (χ4n) is 3.79. The van der Waals surface area contributed by atoms with Crippen molar-refractivity contribution in [3.8, 4) is 17.6 Å². The molecule has 3 rings (SSSR count). The van der Waals surface area contributed by atoms with Crippen LogP contribution in [0.2, 0.25) is 0 Å². The monoisotopic (exact) mass is 415 g/mol. The van der Waals surface area contributed by atoms with Gasteiger partial charge in [-0.2, -0.15) is 5.26 Å². The highest BCUT2D eigenvalue weighted by atomic mass is 16.5. The summed E-state index contributed by atoms with van der Waals surface area (Å²) in [5.74, 6) is -0.304. The van der Waals surface area contributed by atoms with Crippen LogP contribution in [0.3, 0.4) is 0 Å². The summed E-state index contributed by atoms with van der Waals surface area (Å²) in [4.78, 5) is 18.0. The van der Waals surface area contributed by atoms with Gasteiger partial charge in [0, 0.05) is 28.5 Å². The van der Waals surface area contributed by atoms with Crippen molar-refractivity contribution >= 4 is 17.3 Å². The van der Waals surface area contributed by atoms with Gasteiger partial charge in [0.15, 0.2) is 0 Å². The van der Waals surface area contributed by atoms with Crippen LogP contribution in [0.1, 0.15) is 25.3 Å². The largest absolute Gasteiger partial charge is 0.495 e. The van der Waals surface area contributed by atoms with Crippen molar-refractivity contribution < 1.29 is 14.3 Å². The summed E-state index contributed by atoms with van der Waals surface area (Å²) in [6.45, 7) is 7.61. The van der Waals surface area contributed by atoms with Gasteiger partial charge in [-0.3, -0.25) is 9.79 Å². The molecular weight excluding hydrogens is 390 g/mol. The van der Waals surface area contributed by atoms with Gasteiger partial charge in [-0.15, -0.1) is 0 Å². The quantitative estimate of drug-likeness (QED) is 0.654. The Morgan fingerprint density at radius 2 is 1.87 bits per heavy atom. The second-order valence-electron chi connectivity index (χ2n) is 7.13. The van der Waals surface area contributed by atoms with E-state index in [9.17, 15) is 10.1 Å². The van der Waals surface area contributed by atoms with Gasteiger partial charge < -0.3 is 14.8 Å². The topological polar surface area (TPSA) is 83.7 Å². The SMILES string of the molecule is C=CCOc1ccccc1C1C(C(=O)Nc2ccccc2OC)=C(C)N=C(C)C1C#N. The van der Waals surface area contributed by atoms with Crippen LogP contribution in [0.5, 0.6) is 11.5 Å². The molecule has 1 aliphatic heterocycles. The third-order valence-corrected chi connectivity index (χ3v) is 5.18. The maximum Gasteiger partial charge on any atom is 0.254 e. The van der Waals surface area contributed by atoms with Gasteiger partial charge in [0.2, 0.25) is 0 Å². The third kappa shape index (κ3) is 4.51. The van der Waals surface area contributed by atoms with Crippen LogP contribution in [0.25, 0.3) is 0 Å². The number of allylic oxidation sites excluding steroid dienone is 1. The summed E-state index contributed by atoms with van der Waals surface area (Å²) in [6.07, 6.45) is 1.66. The zero-order valence-corrected chi connectivity index (χ0v) is 17.9. The highest BCUT2D eigenvalue weighted by Gasteiger charge is 2.38. The second kappa shape index (κ2) is 9.77. The fourth-order valence-corrected chi connectivity index (χ4v) is 3.79. The van der Waals surface area contributed by atoms with Crippen LogP contribution in [0, 0.1) is 17.2 Å². The van der Waals surface area contributed by atoms with E-state index in [4.69, 9.17) is 9.47 Å². The van der Waals surface area contributed by atoms with Gasteiger partial charge in [0.05, 0.1) is 24.8 Å². The van der Waals surface area contributed by atoms with Crippen LogP contribution < -0.4 is 14.8 Å². The molecule has 31 heavy (non-hydrogen) atoms. The lowest BCUT2D eigenvalue weighted by Gasteiger charge is -2.30. The van der Waals surface area contributed by atoms with Crippen molar-refractivity contribution in [3.63, 3.8) is 0 Å². The number of carbonyl (C=O) groups is 1. The summed E-state index contributed by atoms with van der Waals surface area (Å²) in [5, 5.41) is 12.9. The number of methoxy groups -OCH3 is 1. The van der Waals surface area contributed by atoms with Crippen molar-refractivity contribution in [2.24, 2.45) is 10.9 Å². The molecule has 0 radical (unpaired) electrons. The standard InChI is InChI=1S/C25H25N3O3/c1-5-14-31-21-12-8-6-10-18(21)24-19(15-26)16(2)27-17(3)23(24)25(29)28-20-11-7-9-13-22(20)30-4/h5-13,19,24H,1,14H2,2-4H3,(H,28,29). The summed E-state index contributed by atoms with van der Waals surface area (Å²) < 4.78 is 11.2. The molecule has 1 N–H and O–H groups in total. The highest BCUT2D eigenvalue weighted by molar-refractivity contribution is 6.08. The minimum absolute atomic E-state index is 0.319. The number of ether oxygens (including phenoxy) is 2. The van der Waals surface area contributed by atoms with Gasteiger partial charge in [-0.05, 0) is 32.0 Å². The Kier molecular flexibility index (Phi) is 6.88. The highest BCUT2D eigenvalue weighted by Crippen LogP contribution is 2.42. The van der Waals surface area contributed by atoms with Crippen LogP contribution >= 0.6 is 0 Å². The lowest BCUT2D eigenvalue weighted by atomic mass is 9.75. The smallest absolute Gasteiger partial charge is 0.254 e. The van der Waals surface area contributed by atoms with Gasteiger partial charge >= 0.3 is 0 Å². The van der Waals surface area contributed by atoms with Crippen LogP contribution in [-0.4, -0.2) is 25.3 Å². The number of hydrogen-bond donors (Lipinski definition) is 1. The second-order valence-corrected chi connectivity index (χ2v) is 7.13. The molecule has 0 bridgehead atoms. The van der Waals surface area contributed by atoms with E-state index in [1.807, 2.05) is 43.3 Å². The molecule has 2 unspecified atom stereocenters. The number of amides is 1. The van der Waals surface area contributed by atoms with E-state index in [-0.39, 0.29) is 5.91 Å². The first-order chi connectivity index (χ1) is 15.0. The molecule has 0 saturated heterocycles. The average molecular weight is 415 g/mol. The molecule has 0 spiro atoms. The Balaban J connectivity index is 2.10. The molecule has 2 atom stereocenters. The van der Waals surface area contributed by atoms with Crippen LogP contribution in [0.4, 0.5) is 5.69 Å². The first-order valence-corrected chi connectivity index (χ1v) is 9.94. The molecule has 1 aliphatic rings. The summed E-state index contributed by atoms with van der Waals surface area (Å²) in [7, 11) is 1.55. The maximum atomic E-state index is 13.5. The number of rotatable bonds is 7. The molecule has 2 aromatic rings. The Morgan fingerprint density at radius 1 is 1.19 bits per heavy atom. The predicted molar refractivity (Wildman–Crippen MR) is 121 cm³/mol. The first kappa shape index (κ1) is 21.8. The molecule has 0 fully saturated rings. The number of anilines is 1. The number of carbonyl (C=O) groups excluding carboxylic acids is 1. The maximum absolute atomic E-state index is 13.5. The Morgan fingerprint density at radius 3 is 2.55 bits per heavy atom. The Labute approximate surface area is 182 Å². The van der Waals surface area contributed by atoms with Gasteiger partial charge in [-0.1, -0.05) is 43.0 Å². The molecule has 0 aliphatic carbocycles. The molecular formula is C25H25N3O3. The molecule has 0 aromatic heterocycles. The molecule has 158 valence electrons. The number of hydrogen-bond acceptors (Lipinski definition) is 5. The summed E-state index contributed by atoms with van der Waals surface area (Å²) >= 11 is 0. The fraction of sp³-hybridized carbons (Fsp3) is 0.240. The van der Waals surface area contributed by atoms with Gasteiger partial charge in [0.25, 0.3) is 5.91 Å². The van der Waals surface area contributed by atoms with Crippen molar-refractivity contribution in [1.82, 2.24) is 0 Å². The Bertz CT molecular complexity index is 1100. The molecule has 2 aromatic carbocycles. The molecule has 6 nitrogen and oxygen atoms in total. The van der Waals surface area contributed by atoms with E-state index in [2.05, 4.69) is 23.0 Å². The van der Waals surface area contributed by atoms with Crippen molar-refractivity contribution in [2.45, 2.75) is 19.8 Å². The minimum Gasteiger partial charge on any atom is -0.495 e. The van der Waals surface area contributed by atoms with E-state index >= 15 is 0 Å². The number of nitrogens with one attached hydrogen (secondary N) is 1.